The average Bonchev–Trinajstić information content (AvgIpc) is 3.01. The summed E-state index contributed by atoms with van der Waals surface area (Å²) in [5.74, 6) is 1.74. The van der Waals surface area contributed by atoms with E-state index in [0.717, 1.165) is 44.0 Å². The summed E-state index contributed by atoms with van der Waals surface area (Å²) >= 11 is 0. The van der Waals surface area contributed by atoms with Crippen LogP contribution in [0.3, 0.4) is 0 Å². The van der Waals surface area contributed by atoms with E-state index in [4.69, 9.17) is 9.47 Å². The molecule has 1 atom stereocenters. The summed E-state index contributed by atoms with van der Waals surface area (Å²) in [5, 5.41) is 3.43. The van der Waals surface area contributed by atoms with Gasteiger partial charge in [0.25, 0.3) is 0 Å². The van der Waals surface area contributed by atoms with Gasteiger partial charge in [-0.2, -0.15) is 0 Å². The van der Waals surface area contributed by atoms with E-state index in [0.29, 0.717) is 12.1 Å². The van der Waals surface area contributed by atoms with Gasteiger partial charge in [0.15, 0.2) is 11.5 Å². The summed E-state index contributed by atoms with van der Waals surface area (Å²) in [5.41, 5.74) is 1.23. The van der Waals surface area contributed by atoms with Crippen LogP contribution in [0.4, 0.5) is 5.69 Å². The Morgan fingerprint density at radius 2 is 2.00 bits per heavy atom. The number of rotatable bonds is 4. The zero-order chi connectivity index (χ0) is 14.7. The first kappa shape index (κ1) is 14.5. The SMILES string of the molecule is COc1ccc(N2CCNCC2C)cc1OC1CCCC1. The predicted octanol–water partition coefficient (Wildman–Crippen LogP) is 2.81. The second-order valence-electron chi connectivity index (χ2n) is 6.11. The topological polar surface area (TPSA) is 33.7 Å². The van der Waals surface area contributed by atoms with Crippen LogP contribution in [0.5, 0.6) is 11.5 Å². The molecule has 0 aromatic heterocycles. The minimum atomic E-state index is 0.356. The summed E-state index contributed by atoms with van der Waals surface area (Å²) in [7, 11) is 1.71. The van der Waals surface area contributed by atoms with Gasteiger partial charge in [-0.25, -0.2) is 0 Å². The molecule has 1 heterocycles. The molecule has 1 aromatic carbocycles. The Morgan fingerprint density at radius 3 is 2.71 bits per heavy atom. The molecule has 4 heteroatoms. The lowest BCUT2D eigenvalue weighted by Gasteiger charge is -2.36. The van der Waals surface area contributed by atoms with Crippen LogP contribution in [0.2, 0.25) is 0 Å². The number of benzene rings is 1. The van der Waals surface area contributed by atoms with E-state index in [-0.39, 0.29) is 0 Å². The van der Waals surface area contributed by atoms with Crippen molar-refractivity contribution in [2.75, 3.05) is 31.6 Å². The standard InChI is InChI=1S/C17H26N2O2/c1-13-12-18-9-10-19(13)14-7-8-16(20-2)17(11-14)21-15-5-3-4-6-15/h7-8,11,13,15,18H,3-6,9-10,12H2,1-2H3. The number of piperazine rings is 1. The number of hydrogen-bond acceptors (Lipinski definition) is 4. The van der Waals surface area contributed by atoms with E-state index in [2.05, 4.69) is 29.3 Å². The highest BCUT2D eigenvalue weighted by Gasteiger charge is 2.22. The second kappa shape index (κ2) is 6.56. The lowest BCUT2D eigenvalue weighted by molar-refractivity contribution is 0.201. The van der Waals surface area contributed by atoms with Crippen molar-refractivity contribution in [2.24, 2.45) is 0 Å². The maximum atomic E-state index is 6.20. The fraction of sp³-hybridized carbons (Fsp3) is 0.647. The third-order valence-electron chi connectivity index (χ3n) is 4.58. The van der Waals surface area contributed by atoms with Crippen LogP contribution in [-0.2, 0) is 0 Å². The number of nitrogens with one attached hydrogen (secondary N) is 1. The van der Waals surface area contributed by atoms with Gasteiger partial charge in [0, 0.05) is 37.4 Å². The van der Waals surface area contributed by atoms with E-state index in [9.17, 15) is 0 Å². The fourth-order valence-corrected chi connectivity index (χ4v) is 3.35. The molecule has 1 unspecified atom stereocenters. The van der Waals surface area contributed by atoms with E-state index in [1.807, 2.05) is 6.07 Å². The Morgan fingerprint density at radius 1 is 1.19 bits per heavy atom. The molecule has 1 aliphatic heterocycles. The smallest absolute Gasteiger partial charge is 0.163 e. The van der Waals surface area contributed by atoms with Crippen LogP contribution in [-0.4, -0.2) is 38.9 Å². The summed E-state index contributed by atoms with van der Waals surface area (Å²) in [6, 6.07) is 6.83. The number of anilines is 1. The number of nitrogens with zero attached hydrogens (tertiary/aromatic N) is 1. The number of methoxy groups -OCH3 is 1. The molecule has 0 bridgehead atoms. The van der Waals surface area contributed by atoms with Crippen LogP contribution in [0.25, 0.3) is 0 Å². The van der Waals surface area contributed by atoms with E-state index in [1.54, 1.807) is 7.11 Å². The number of ether oxygens (including phenoxy) is 2. The highest BCUT2D eigenvalue weighted by atomic mass is 16.5. The van der Waals surface area contributed by atoms with Gasteiger partial charge >= 0.3 is 0 Å². The quantitative estimate of drug-likeness (QED) is 0.924. The zero-order valence-corrected chi connectivity index (χ0v) is 13.1. The van der Waals surface area contributed by atoms with Crippen molar-refractivity contribution in [3.05, 3.63) is 18.2 Å². The van der Waals surface area contributed by atoms with Gasteiger partial charge in [0.1, 0.15) is 0 Å². The Labute approximate surface area is 127 Å². The van der Waals surface area contributed by atoms with Gasteiger partial charge in [-0.1, -0.05) is 0 Å². The molecule has 0 amide bonds. The molecule has 4 nitrogen and oxygen atoms in total. The van der Waals surface area contributed by atoms with Crippen LogP contribution in [0.1, 0.15) is 32.6 Å². The highest BCUT2D eigenvalue weighted by Crippen LogP contribution is 2.35. The van der Waals surface area contributed by atoms with Crippen molar-refractivity contribution < 1.29 is 9.47 Å². The minimum Gasteiger partial charge on any atom is -0.493 e. The monoisotopic (exact) mass is 290 g/mol. The third-order valence-corrected chi connectivity index (χ3v) is 4.58. The van der Waals surface area contributed by atoms with Crippen molar-refractivity contribution >= 4 is 5.69 Å². The summed E-state index contributed by atoms with van der Waals surface area (Å²) in [6.45, 7) is 5.37. The Bertz CT molecular complexity index is 472. The normalized spacial score (nSPS) is 23.3. The Balaban J connectivity index is 1.81. The molecule has 0 spiro atoms. The molecular weight excluding hydrogens is 264 g/mol. The largest absolute Gasteiger partial charge is 0.493 e. The molecule has 1 saturated carbocycles. The molecule has 21 heavy (non-hydrogen) atoms. The van der Waals surface area contributed by atoms with Crippen molar-refractivity contribution in [3.63, 3.8) is 0 Å². The lowest BCUT2D eigenvalue weighted by atomic mass is 10.1. The molecule has 2 fully saturated rings. The van der Waals surface area contributed by atoms with Crippen molar-refractivity contribution in [1.29, 1.82) is 0 Å². The van der Waals surface area contributed by atoms with Crippen LogP contribution in [0, 0.1) is 0 Å². The Hall–Kier alpha value is -1.42. The Kier molecular flexibility index (Phi) is 4.54. The van der Waals surface area contributed by atoms with Crippen molar-refractivity contribution in [3.8, 4) is 11.5 Å². The molecule has 1 N–H and O–H groups in total. The van der Waals surface area contributed by atoms with E-state index in [1.165, 1.54) is 18.5 Å². The van der Waals surface area contributed by atoms with Gasteiger partial charge < -0.3 is 19.7 Å². The highest BCUT2D eigenvalue weighted by molar-refractivity contribution is 5.57. The van der Waals surface area contributed by atoms with Gasteiger partial charge in [-0.3, -0.25) is 0 Å². The second-order valence-corrected chi connectivity index (χ2v) is 6.11. The molecule has 1 saturated heterocycles. The molecule has 1 aliphatic carbocycles. The average molecular weight is 290 g/mol. The van der Waals surface area contributed by atoms with E-state index < -0.39 is 0 Å². The first-order valence-corrected chi connectivity index (χ1v) is 8.10. The molecule has 0 radical (unpaired) electrons. The predicted molar refractivity (Wildman–Crippen MR) is 85.6 cm³/mol. The lowest BCUT2D eigenvalue weighted by Crippen LogP contribution is -2.49. The summed E-state index contributed by atoms with van der Waals surface area (Å²) < 4.78 is 11.7. The van der Waals surface area contributed by atoms with Crippen LogP contribution < -0.4 is 19.7 Å². The van der Waals surface area contributed by atoms with E-state index >= 15 is 0 Å². The minimum absolute atomic E-state index is 0.356. The first-order chi connectivity index (χ1) is 10.3. The molecule has 3 rings (SSSR count). The van der Waals surface area contributed by atoms with Gasteiger partial charge in [-0.05, 0) is 44.7 Å². The zero-order valence-electron chi connectivity index (χ0n) is 13.1. The summed E-state index contributed by atoms with van der Waals surface area (Å²) in [6.07, 6.45) is 5.24. The molecule has 2 aliphatic rings. The fourth-order valence-electron chi connectivity index (χ4n) is 3.35. The molecular formula is C17H26N2O2. The maximum absolute atomic E-state index is 6.20. The van der Waals surface area contributed by atoms with Crippen molar-refractivity contribution in [1.82, 2.24) is 5.32 Å². The molecule has 116 valence electrons. The van der Waals surface area contributed by atoms with Crippen LogP contribution >= 0.6 is 0 Å². The van der Waals surface area contributed by atoms with Gasteiger partial charge in [0.2, 0.25) is 0 Å². The summed E-state index contributed by atoms with van der Waals surface area (Å²) in [4.78, 5) is 2.44. The molecule has 1 aromatic rings. The number of hydrogen-bond donors (Lipinski definition) is 1. The van der Waals surface area contributed by atoms with Gasteiger partial charge in [-0.15, -0.1) is 0 Å². The third kappa shape index (κ3) is 3.26. The maximum Gasteiger partial charge on any atom is 0.163 e. The van der Waals surface area contributed by atoms with Crippen LogP contribution in [0.15, 0.2) is 18.2 Å². The van der Waals surface area contributed by atoms with Crippen molar-refractivity contribution in [2.45, 2.75) is 44.8 Å². The first-order valence-electron chi connectivity index (χ1n) is 8.10. The van der Waals surface area contributed by atoms with Gasteiger partial charge in [0.05, 0.1) is 13.2 Å².